The number of rotatable bonds is 2. The second-order valence-corrected chi connectivity index (χ2v) is 15.7. The standard InChI is InChI=1S/C37H44ClN3O5S/c1-25-9-8-18-37(45-3,35-11-4-6-19-39-35)32-16-13-29(32)23-41-20-7-5-10-27-21-31(38)15-12-30(27)24-46-34-17-14-28(22-33(34)41)36(42)40-47(43,44)26(25)2/h4,6,8,11-12,14-15,17-19,21-22,25-26,29,32H,5,7,9-10,13,16,20,23-24H2,1-3H3,(H,40,42)/b18-8+/t25-,26+,29-,32+,37+/m0/s1. The molecular weight excluding hydrogens is 634 g/mol. The van der Waals surface area contributed by atoms with Gasteiger partial charge >= 0.3 is 0 Å². The lowest BCUT2D eigenvalue weighted by Gasteiger charge is -2.49. The normalized spacial score (nSPS) is 28.7. The molecule has 0 radical (unpaired) electrons. The van der Waals surface area contributed by atoms with Crippen LogP contribution in [0, 0.1) is 17.8 Å². The number of carbonyl (C=O) groups excluding carboxylic acids is 1. The van der Waals surface area contributed by atoms with Crippen molar-refractivity contribution in [3.8, 4) is 5.75 Å². The second-order valence-electron chi connectivity index (χ2n) is 13.2. The third-order valence-corrected chi connectivity index (χ3v) is 12.6. The molecule has 1 amide bonds. The molecule has 0 spiro atoms. The number of allylic oxidation sites excluding steroid dienone is 1. The average molecular weight is 678 g/mol. The van der Waals surface area contributed by atoms with Crippen molar-refractivity contribution >= 4 is 33.2 Å². The number of aryl methyl sites for hydroxylation is 1. The number of nitrogens with zero attached hydrogens (tertiary/aromatic N) is 2. The quantitative estimate of drug-likeness (QED) is 0.290. The van der Waals surface area contributed by atoms with Crippen LogP contribution in [0.25, 0.3) is 0 Å². The zero-order valence-electron chi connectivity index (χ0n) is 27.3. The van der Waals surface area contributed by atoms with E-state index >= 15 is 0 Å². The molecule has 250 valence electrons. The number of methoxy groups -OCH3 is 1. The Labute approximate surface area is 283 Å². The molecule has 10 heteroatoms. The SMILES string of the molecule is CO[C@]1(c2ccccn2)/C=C/C[C@H](C)[C@@H](C)S(=O)(=O)NC(=O)c2ccc3c(c2)N(CCCCc2cc(Cl)ccc2CO3)C[C@@H]2CC[C@H]21. The maximum atomic E-state index is 13.5. The number of amides is 1. The van der Waals surface area contributed by atoms with E-state index in [4.69, 9.17) is 26.1 Å². The monoisotopic (exact) mass is 677 g/mol. The molecule has 0 unspecified atom stereocenters. The van der Waals surface area contributed by atoms with Gasteiger partial charge in [-0.1, -0.05) is 42.8 Å². The molecule has 1 aliphatic carbocycles. The Morgan fingerprint density at radius 1 is 1.06 bits per heavy atom. The number of anilines is 1. The zero-order chi connectivity index (χ0) is 33.2. The van der Waals surface area contributed by atoms with Gasteiger partial charge in [0.05, 0.1) is 16.6 Å². The first-order valence-electron chi connectivity index (χ1n) is 16.6. The van der Waals surface area contributed by atoms with E-state index in [1.165, 1.54) is 5.56 Å². The minimum atomic E-state index is -3.96. The van der Waals surface area contributed by atoms with Crippen molar-refractivity contribution in [2.24, 2.45) is 17.8 Å². The van der Waals surface area contributed by atoms with E-state index in [0.29, 0.717) is 23.8 Å². The summed E-state index contributed by atoms with van der Waals surface area (Å²) in [6.07, 6.45) is 11.2. The summed E-state index contributed by atoms with van der Waals surface area (Å²) in [4.78, 5) is 20.6. The number of fused-ring (bicyclic) bond motifs is 3. The molecule has 2 bridgehead atoms. The fourth-order valence-corrected chi connectivity index (χ4v) is 8.75. The maximum Gasteiger partial charge on any atom is 0.264 e. The number of pyridine rings is 1. The molecule has 3 heterocycles. The van der Waals surface area contributed by atoms with Gasteiger partial charge in [0.15, 0.2) is 0 Å². The Bertz CT molecular complexity index is 1730. The van der Waals surface area contributed by atoms with E-state index in [2.05, 4.69) is 15.7 Å². The summed E-state index contributed by atoms with van der Waals surface area (Å²) in [6, 6.07) is 17.1. The predicted molar refractivity (Wildman–Crippen MR) is 185 cm³/mol. The molecule has 1 N–H and O–H groups in total. The summed E-state index contributed by atoms with van der Waals surface area (Å²) in [5.74, 6) is 0.169. The number of aromatic nitrogens is 1. The zero-order valence-corrected chi connectivity index (χ0v) is 28.9. The predicted octanol–water partition coefficient (Wildman–Crippen LogP) is 7.07. The first-order valence-corrected chi connectivity index (χ1v) is 18.5. The Kier molecular flexibility index (Phi) is 9.97. The van der Waals surface area contributed by atoms with Gasteiger partial charge in [0.2, 0.25) is 10.0 Å². The summed E-state index contributed by atoms with van der Waals surface area (Å²) in [6.45, 7) is 5.36. The van der Waals surface area contributed by atoms with Crippen LogP contribution in [0.3, 0.4) is 0 Å². The maximum absolute atomic E-state index is 13.5. The topological polar surface area (TPSA) is 97.8 Å². The van der Waals surface area contributed by atoms with Crippen LogP contribution in [-0.2, 0) is 33.4 Å². The third-order valence-electron chi connectivity index (χ3n) is 10.5. The van der Waals surface area contributed by atoms with Crippen LogP contribution in [-0.4, -0.2) is 44.8 Å². The number of halogens is 1. The minimum Gasteiger partial charge on any atom is -0.487 e. The summed E-state index contributed by atoms with van der Waals surface area (Å²) in [5, 5.41) is -0.0976. The molecule has 0 saturated heterocycles. The van der Waals surface area contributed by atoms with Gasteiger partial charge in [-0.3, -0.25) is 9.78 Å². The molecule has 6 rings (SSSR count). The van der Waals surface area contributed by atoms with E-state index < -0.39 is 26.8 Å². The summed E-state index contributed by atoms with van der Waals surface area (Å²) in [5.41, 5.74) is 3.38. The van der Waals surface area contributed by atoms with Crippen molar-refractivity contribution in [3.05, 3.63) is 100 Å². The number of benzene rings is 2. The van der Waals surface area contributed by atoms with Gasteiger partial charge < -0.3 is 14.4 Å². The summed E-state index contributed by atoms with van der Waals surface area (Å²) in [7, 11) is -2.22. The number of hydrogen-bond donors (Lipinski definition) is 1. The molecule has 8 nitrogen and oxygen atoms in total. The van der Waals surface area contributed by atoms with Gasteiger partial charge in [0, 0.05) is 42.9 Å². The Balaban J connectivity index is 1.45. The van der Waals surface area contributed by atoms with Gasteiger partial charge in [-0.25, -0.2) is 13.1 Å². The lowest BCUT2D eigenvalue weighted by atomic mass is 9.63. The molecule has 1 aromatic heterocycles. The Hall–Kier alpha value is -3.40. The first kappa shape index (κ1) is 33.5. The minimum absolute atomic E-state index is 0.142. The van der Waals surface area contributed by atoms with Crippen LogP contribution in [0.15, 0.2) is 72.9 Å². The lowest BCUT2D eigenvalue weighted by Crippen LogP contribution is -2.49. The lowest BCUT2D eigenvalue weighted by molar-refractivity contribution is -0.0830. The van der Waals surface area contributed by atoms with Crippen molar-refractivity contribution in [1.82, 2.24) is 9.71 Å². The Morgan fingerprint density at radius 2 is 1.91 bits per heavy atom. The number of ether oxygens (including phenoxy) is 2. The number of carbonyl (C=O) groups is 1. The van der Waals surface area contributed by atoms with E-state index in [1.807, 2.05) is 49.4 Å². The number of hydrogen-bond acceptors (Lipinski definition) is 7. The van der Waals surface area contributed by atoms with Crippen LogP contribution in [0.2, 0.25) is 5.02 Å². The van der Waals surface area contributed by atoms with Crippen molar-refractivity contribution in [3.63, 3.8) is 0 Å². The van der Waals surface area contributed by atoms with Crippen LogP contribution < -0.4 is 14.4 Å². The third kappa shape index (κ3) is 6.94. The second kappa shape index (κ2) is 14.0. The highest BCUT2D eigenvalue weighted by atomic mass is 35.5. The smallest absolute Gasteiger partial charge is 0.264 e. The number of sulfonamides is 1. The van der Waals surface area contributed by atoms with Gasteiger partial charge in [-0.2, -0.15) is 0 Å². The molecular formula is C37H44ClN3O5S. The number of nitrogens with one attached hydrogen (secondary N) is 1. The van der Waals surface area contributed by atoms with Crippen LogP contribution in [0.1, 0.15) is 73.1 Å². The summed E-state index contributed by atoms with van der Waals surface area (Å²) < 4.78 is 42.2. The van der Waals surface area contributed by atoms with Crippen LogP contribution in [0.5, 0.6) is 5.75 Å². The molecule has 1 saturated carbocycles. The van der Waals surface area contributed by atoms with Gasteiger partial charge in [0.25, 0.3) is 5.91 Å². The largest absolute Gasteiger partial charge is 0.487 e. The van der Waals surface area contributed by atoms with E-state index in [0.717, 1.165) is 62.1 Å². The summed E-state index contributed by atoms with van der Waals surface area (Å²) >= 11 is 6.36. The van der Waals surface area contributed by atoms with E-state index in [1.54, 1.807) is 38.4 Å². The molecule has 1 fully saturated rings. The van der Waals surface area contributed by atoms with E-state index in [9.17, 15) is 13.2 Å². The molecule has 2 aromatic carbocycles. The first-order chi connectivity index (χ1) is 22.6. The molecule has 5 atom stereocenters. The highest BCUT2D eigenvalue weighted by Crippen LogP contribution is 2.50. The van der Waals surface area contributed by atoms with Gasteiger partial charge in [0.1, 0.15) is 18.0 Å². The van der Waals surface area contributed by atoms with Gasteiger partial charge in [-0.05, 0) is 111 Å². The van der Waals surface area contributed by atoms with Crippen LogP contribution >= 0.6 is 11.6 Å². The van der Waals surface area contributed by atoms with Crippen molar-refractivity contribution < 1.29 is 22.7 Å². The fourth-order valence-electron chi connectivity index (χ4n) is 7.27. The molecule has 3 aromatic rings. The highest BCUT2D eigenvalue weighted by Gasteiger charge is 2.49. The fraction of sp³-hybridized carbons (Fsp3) is 0.459. The van der Waals surface area contributed by atoms with Crippen LogP contribution in [0.4, 0.5) is 5.69 Å². The van der Waals surface area contributed by atoms with Crippen molar-refractivity contribution in [2.45, 2.75) is 69.8 Å². The van der Waals surface area contributed by atoms with Crippen molar-refractivity contribution in [1.29, 1.82) is 0 Å². The average Bonchev–Trinajstić information content (AvgIpc) is 3.08. The van der Waals surface area contributed by atoms with E-state index in [-0.39, 0.29) is 23.3 Å². The van der Waals surface area contributed by atoms with Crippen molar-refractivity contribution in [2.75, 3.05) is 25.1 Å². The van der Waals surface area contributed by atoms with Gasteiger partial charge in [-0.15, -0.1) is 0 Å². The Morgan fingerprint density at radius 3 is 2.66 bits per heavy atom. The molecule has 47 heavy (non-hydrogen) atoms. The molecule has 2 aliphatic heterocycles. The highest BCUT2D eigenvalue weighted by molar-refractivity contribution is 7.90. The molecule has 3 aliphatic rings.